The van der Waals surface area contributed by atoms with E-state index in [0.29, 0.717) is 6.04 Å². The normalized spacial score (nSPS) is 12.9. The number of hydrogen-bond donors (Lipinski definition) is 2. The molecule has 1 atom stereocenters. The maximum atomic E-state index is 4.27. The Morgan fingerprint density at radius 1 is 1.29 bits per heavy atom. The van der Waals surface area contributed by atoms with Crippen molar-refractivity contribution in [1.82, 2.24) is 15.5 Å². The van der Waals surface area contributed by atoms with Crippen LogP contribution in [0.2, 0.25) is 0 Å². The summed E-state index contributed by atoms with van der Waals surface area (Å²) in [7, 11) is 1.82. The number of nitrogens with zero attached hydrogens (tertiary/aromatic N) is 2. The van der Waals surface area contributed by atoms with Crippen LogP contribution in [0.5, 0.6) is 0 Å². The molecule has 0 radical (unpaired) electrons. The maximum Gasteiger partial charge on any atom is 0.191 e. The zero-order chi connectivity index (χ0) is 14.8. The summed E-state index contributed by atoms with van der Waals surface area (Å²) in [4.78, 5) is 6.74. The second-order valence-corrected chi connectivity index (χ2v) is 5.45. The fourth-order valence-electron chi connectivity index (χ4n) is 2.24. The van der Waals surface area contributed by atoms with Crippen LogP contribution in [0.25, 0.3) is 0 Å². The summed E-state index contributed by atoms with van der Waals surface area (Å²) >= 11 is 1.76. The van der Waals surface area contributed by atoms with Gasteiger partial charge in [0.15, 0.2) is 5.96 Å². The summed E-state index contributed by atoms with van der Waals surface area (Å²) < 4.78 is 0. The lowest BCUT2D eigenvalue weighted by molar-refractivity contribution is 0.219. The van der Waals surface area contributed by atoms with Gasteiger partial charge in [-0.15, -0.1) is 24.0 Å². The molecule has 0 aromatic carbocycles. The van der Waals surface area contributed by atoms with Crippen LogP contribution in [0.3, 0.4) is 0 Å². The summed E-state index contributed by atoms with van der Waals surface area (Å²) in [6.45, 7) is 10.5. The third-order valence-corrected chi connectivity index (χ3v) is 4.11. The van der Waals surface area contributed by atoms with Crippen LogP contribution in [0.4, 0.5) is 0 Å². The Hall–Kier alpha value is -0.340. The van der Waals surface area contributed by atoms with Crippen LogP contribution >= 0.6 is 35.3 Å². The van der Waals surface area contributed by atoms with Crippen LogP contribution in [0.1, 0.15) is 38.8 Å². The van der Waals surface area contributed by atoms with Crippen molar-refractivity contribution in [2.45, 2.75) is 33.2 Å². The van der Waals surface area contributed by atoms with Crippen LogP contribution in [0, 0.1) is 0 Å². The Labute approximate surface area is 150 Å². The largest absolute Gasteiger partial charge is 0.356 e. The minimum absolute atomic E-state index is 0. The zero-order valence-electron chi connectivity index (χ0n) is 13.6. The summed E-state index contributed by atoms with van der Waals surface area (Å²) in [6, 6.07) is 2.62. The molecule has 0 saturated carbocycles. The Balaban J connectivity index is 0.00000400. The molecule has 1 unspecified atom stereocenters. The number of likely N-dealkylation sites (N-methyl/N-ethyl adjacent to an activating group) is 1. The lowest BCUT2D eigenvalue weighted by atomic mass is 10.1. The fourth-order valence-corrected chi connectivity index (χ4v) is 2.95. The molecule has 21 heavy (non-hydrogen) atoms. The van der Waals surface area contributed by atoms with Crippen LogP contribution < -0.4 is 10.6 Å². The first-order valence-corrected chi connectivity index (χ1v) is 8.41. The van der Waals surface area contributed by atoms with Gasteiger partial charge in [-0.25, -0.2) is 0 Å². The average molecular weight is 424 g/mol. The van der Waals surface area contributed by atoms with Crippen molar-refractivity contribution in [2.75, 3.05) is 33.2 Å². The van der Waals surface area contributed by atoms with Gasteiger partial charge in [0.05, 0.1) is 6.04 Å². The first-order chi connectivity index (χ1) is 9.76. The first-order valence-electron chi connectivity index (χ1n) is 7.47. The van der Waals surface area contributed by atoms with E-state index in [1.54, 1.807) is 11.3 Å². The highest BCUT2D eigenvalue weighted by molar-refractivity contribution is 14.0. The van der Waals surface area contributed by atoms with E-state index in [4.69, 9.17) is 0 Å². The molecule has 0 aliphatic carbocycles. The first kappa shape index (κ1) is 20.7. The monoisotopic (exact) mass is 424 g/mol. The molecule has 0 aliphatic rings. The minimum atomic E-state index is 0. The van der Waals surface area contributed by atoms with E-state index >= 15 is 0 Å². The highest BCUT2D eigenvalue weighted by Gasteiger charge is 2.18. The molecule has 0 amide bonds. The Bertz CT molecular complexity index is 377. The molecular formula is C15H29IN4S. The van der Waals surface area contributed by atoms with Crippen molar-refractivity contribution < 1.29 is 0 Å². The van der Waals surface area contributed by atoms with E-state index in [0.717, 1.165) is 38.6 Å². The predicted octanol–water partition coefficient (Wildman–Crippen LogP) is 3.32. The van der Waals surface area contributed by atoms with Gasteiger partial charge in [0, 0.05) is 20.1 Å². The lowest BCUT2D eigenvalue weighted by Crippen LogP contribution is -2.43. The van der Waals surface area contributed by atoms with E-state index in [2.05, 4.69) is 58.1 Å². The molecule has 1 rings (SSSR count). The average Bonchev–Trinajstić information content (AvgIpc) is 3.00. The fraction of sp³-hybridized carbons (Fsp3) is 0.667. The summed E-state index contributed by atoms with van der Waals surface area (Å²) in [5.74, 6) is 0.888. The number of thiophene rings is 1. The van der Waals surface area contributed by atoms with Gasteiger partial charge < -0.3 is 10.6 Å². The maximum absolute atomic E-state index is 4.27. The standard InChI is InChI=1S/C15H28N4S.HI/c1-5-9-17-15(16-4)18-11-14(19(6-2)7-3)13-8-10-20-12-13;/h8,10,12,14H,5-7,9,11H2,1-4H3,(H2,16,17,18);1H. The second-order valence-electron chi connectivity index (χ2n) is 4.67. The van der Waals surface area contributed by atoms with Gasteiger partial charge in [-0.3, -0.25) is 9.89 Å². The molecule has 0 bridgehead atoms. The zero-order valence-corrected chi connectivity index (χ0v) is 16.7. The number of nitrogens with one attached hydrogen (secondary N) is 2. The molecule has 122 valence electrons. The van der Waals surface area contributed by atoms with Gasteiger partial charge in [-0.2, -0.15) is 11.3 Å². The number of aliphatic imine (C=N–C) groups is 1. The molecule has 0 fully saturated rings. The van der Waals surface area contributed by atoms with Gasteiger partial charge >= 0.3 is 0 Å². The van der Waals surface area contributed by atoms with Crippen molar-refractivity contribution in [3.63, 3.8) is 0 Å². The SMILES string of the molecule is CCCNC(=NC)NCC(c1ccsc1)N(CC)CC.I. The quantitative estimate of drug-likeness (QED) is 0.382. The van der Waals surface area contributed by atoms with Gasteiger partial charge in [-0.1, -0.05) is 20.8 Å². The Morgan fingerprint density at radius 3 is 2.48 bits per heavy atom. The second kappa shape index (κ2) is 12.2. The third kappa shape index (κ3) is 6.97. The molecule has 6 heteroatoms. The minimum Gasteiger partial charge on any atom is -0.356 e. The molecule has 4 nitrogen and oxygen atoms in total. The Kier molecular flexibility index (Phi) is 12.0. The summed E-state index contributed by atoms with van der Waals surface area (Å²) in [5.41, 5.74) is 1.39. The van der Waals surface area contributed by atoms with E-state index in [1.807, 2.05) is 7.05 Å². The lowest BCUT2D eigenvalue weighted by Gasteiger charge is -2.30. The molecule has 2 N–H and O–H groups in total. The molecule has 1 aromatic rings. The van der Waals surface area contributed by atoms with Gasteiger partial charge in [0.2, 0.25) is 0 Å². The van der Waals surface area contributed by atoms with Crippen molar-refractivity contribution in [3.8, 4) is 0 Å². The van der Waals surface area contributed by atoms with Crippen LogP contribution in [-0.4, -0.2) is 44.1 Å². The number of hydrogen-bond acceptors (Lipinski definition) is 3. The summed E-state index contributed by atoms with van der Waals surface area (Å²) in [5, 5.41) is 11.2. The van der Waals surface area contributed by atoms with Crippen molar-refractivity contribution in [1.29, 1.82) is 0 Å². The van der Waals surface area contributed by atoms with E-state index in [9.17, 15) is 0 Å². The molecule has 1 aromatic heterocycles. The van der Waals surface area contributed by atoms with Gasteiger partial charge in [0.25, 0.3) is 0 Å². The molecule has 0 aliphatic heterocycles. The number of halogens is 1. The van der Waals surface area contributed by atoms with Crippen molar-refractivity contribution in [2.24, 2.45) is 4.99 Å². The van der Waals surface area contributed by atoms with Crippen molar-refractivity contribution >= 4 is 41.3 Å². The molecular weight excluding hydrogens is 395 g/mol. The topological polar surface area (TPSA) is 39.7 Å². The number of guanidine groups is 1. The smallest absolute Gasteiger partial charge is 0.191 e. The van der Waals surface area contributed by atoms with E-state index < -0.39 is 0 Å². The van der Waals surface area contributed by atoms with Crippen LogP contribution in [0.15, 0.2) is 21.8 Å². The molecule has 0 spiro atoms. The predicted molar refractivity (Wildman–Crippen MR) is 105 cm³/mol. The molecule has 1 heterocycles. The van der Waals surface area contributed by atoms with E-state index in [1.165, 1.54) is 5.56 Å². The third-order valence-electron chi connectivity index (χ3n) is 3.41. The van der Waals surface area contributed by atoms with Crippen molar-refractivity contribution in [3.05, 3.63) is 22.4 Å². The van der Waals surface area contributed by atoms with Crippen LogP contribution in [-0.2, 0) is 0 Å². The highest BCUT2D eigenvalue weighted by Crippen LogP contribution is 2.22. The molecule has 0 saturated heterocycles. The van der Waals surface area contributed by atoms with E-state index in [-0.39, 0.29) is 24.0 Å². The Morgan fingerprint density at radius 2 is 2.00 bits per heavy atom. The number of rotatable bonds is 8. The van der Waals surface area contributed by atoms with Gasteiger partial charge in [-0.05, 0) is 41.9 Å². The van der Waals surface area contributed by atoms with Gasteiger partial charge in [0.1, 0.15) is 0 Å². The highest BCUT2D eigenvalue weighted by atomic mass is 127. The summed E-state index contributed by atoms with van der Waals surface area (Å²) in [6.07, 6.45) is 1.10.